The summed E-state index contributed by atoms with van der Waals surface area (Å²) in [7, 11) is 0. The zero-order valence-electron chi connectivity index (χ0n) is 15.7. The molecule has 0 bridgehead atoms. The second-order valence-corrected chi connectivity index (χ2v) is 7.63. The molecule has 0 radical (unpaired) electrons. The topological polar surface area (TPSA) is 75.6 Å². The lowest BCUT2D eigenvalue weighted by Gasteiger charge is -2.32. The van der Waals surface area contributed by atoms with Crippen LogP contribution in [-0.4, -0.2) is 28.6 Å². The lowest BCUT2D eigenvalue weighted by atomic mass is 9.93. The molecule has 5 heteroatoms. The van der Waals surface area contributed by atoms with Gasteiger partial charge in [-0.2, -0.15) is 0 Å². The Bertz CT molecular complexity index is 829. The minimum absolute atomic E-state index is 0.148. The van der Waals surface area contributed by atoms with E-state index in [9.17, 15) is 14.7 Å². The fraction of sp³-hybridized carbons (Fsp3) is 0.364. The Kier molecular flexibility index (Phi) is 5.49. The molecule has 3 rings (SSSR count). The van der Waals surface area contributed by atoms with Crippen molar-refractivity contribution in [3.63, 3.8) is 0 Å². The predicted molar refractivity (Wildman–Crippen MR) is 103 cm³/mol. The standard InChI is InChI=1S/C22H25NO4/c1-22(2)11-10-17-12-16(8-9-19(17)27-22)14-20(24)23-18(21(25)26)13-15-6-4-3-5-7-15/h3-9,12,18H,10-11,13-14H2,1-2H3,(H,23,24)(H,25,26)/t18-/m0/s1. The molecule has 27 heavy (non-hydrogen) atoms. The van der Waals surface area contributed by atoms with E-state index in [1.54, 1.807) is 0 Å². The number of amides is 1. The second-order valence-electron chi connectivity index (χ2n) is 7.63. The predicted octanol–water partition coefficient (Wildman–Crippen LogP) is 3.14. The minimum atomic E-state index is -1.03. The van der Waals surface area contributed by atoms with Crippen molar-refractivity contribution in [1.82, 2.24) is 5.32 Å². The number of nitrogens with one attached hydrogen (secondary N) is 1. The number of ether oxygens (including phenoxy) is 1. The van der Waals surface area contributed by atoms with Crippen LogP contribution in [0.5, 0.6) is 5.75 Å². The average Bonchev–Trinajstić information content (AvgIpc) is 2.61. The fourth-order valence-electron chi connectivity index (χ4n) is 3.30. The van der Waals surface area contributed by atoms with E-state index in [4.69, 9.17) is 4.74 Å². The quantitative estimate of drug-likeness (QED) is 0.822. The molecular weight excluding hydrogens is 342 g/mol. The van der Waals surface area contributed by atoms with Gasteiger partial charge in [0, 0.05) is 6.42 Å². The van der Waals surface area contributed by atoms with Crippen LogP contribution in [0.2, 0.25) is 0 Å². The van der Waals surface area contributed by atoms with E-state index in [1.807, 2.05) is 48.5 Å². The molecule has 0 saturated carbocycles. The van der Waals surface area contributed by atoms with Gasteiger partial charge >= 0.3 is 5.97 Å². The number of aryl methyl sites for hydroxylation is 1. The minimum Gasteiger partial charge on any atom is -0.488 e. The first-order chi connectivity index (χ1) is 12.8. The number of rotatable bonds is 6. The number of carboxylic acids is 1. The Morgan fingerprint density at radius 3 is 2.59 bits per heavy atom. The van der Waals surface area contributed by atoms with Gasteiger partial charge in [-0.25, -0.2) is 4.79 Å². The summed E-state index contributed by atoms with van der Waals surface area (Å²) in [6, 6.07) is 14.1. The molecule has 2 aromatic rings. The van der Waals surface area contributed by atoms with E-state index in [0.717, 1.165) is 35.3 Å². The van der Waals surface area contributed by atoms with Crippen LogP contribution >= 0.6 is 0 Å². The number of carboxylic acid groups (broad SMARTS) is 1. The maximum absolute atomic E-state index is 12.4. The molecule has 5 nitrogen and oxygen atoms in total. The molecule has 2 aromatic carbocycles. The summed E-state index contributed by atoms with van der Waals surface area (Å²) in [4.78, 5) is 23.9. The molecule has 1 aliphatic rings. The molecular formula is C22H25NO4. The lowest BCUT2D eigenvalue weighted by Crippen LogP contribution is -2.43. The Balaban J connectivity index is 1.63. The average molecular weight is 367 g/mol. The summed E-state index contributed by atoms with van der Waals surface area (Å²) in [6.07, 6.45) is 2.24. The molecule has 1 amide bonds. The van der Waals surface area contributed by atoms with E-state index < -0.39 is 12.0 Å². The Hall–Kier alpha value is -2.82. The fourth-order valence-corrected chi connectivity index (χ4v) is 3.30. The lowest BCUT2D eigenvalue weighted by molar-refractivity contribution is -0.141. The molecule has 142 valence electrons. The molecule has 0 spiro atoms. The van der Waals surface area contributed by atoms with Crippen molar-refractivity contribution >= 4 is 11.9 Å². The highest BCUT2D eigenvalue weighted by Crippen LogP contribution is 2.33. The number of carbonyl (C=O) groups excluding carboxylic acids is 1. The third kappa shape index (κ3) is 5.09. The van der Waals surface area contributed by atoms with E-state index in [-0.39, 0.29) is 24.3 Å². The summed E-state index contributed by atoms with van der Waals surface area (Å²) in [5.41, 5.74) is 2.66. The van der Waals surface area contributed by atoms with Crippen molar-refractivity contribution in [3.8, 4) is 5.75 Å². The summed E-state index contributed by atoms with van der Waals surface area (Å²) in [5.74, 6) is -0.466. The largest absolute Gasteiger partial charge is 0.488 e. The summed E-state index contributed by atoms with van der Waals surface area (Å²) in [6.45, 7) is 4.13. The second kappa shape index (κ2) is 7.82. The van der Waals surface area contributed by atoms with E-state index in [2.05, 4.69) is 19.2 Å². The maximum Gasteiger partial charge on any atom is 0.326 e. The van der Waals surface area contributed by atoms with Gasteiger partial charge in [0.25, 0.3) is 0 Å². The third-order valence-electron chi connectivity index (χ3n) is 4.79. The highest BCUT2D eigenvalue weighted by atomic mass is 16.5. The number of carbonyl (C=O) groups is 2. The summed E-state index contributed by atoms with van der Waals surface area (Å²) < 4.78 is 5.96. The highest BCUT2D eigenvalue weighted by Gasteiger charge is 2.27. The van der Waals surface area contributed by atoms with Crippen LogP contribution in [0, 0.1) is 0 Å². The smallest absolute Gasteiger partial charge is 0.326 e. The van der Waals surface area contributed by atoms with Crippen LogP contribution in [0.1, 0.15) is 37.0 Å². The van der Waals surface area contributed by atoms with Gasteiger partial charge in [0.2, 0.25) is 5.91 Å². The molecule has 1 atom stereocenters. The monoisotopic (exact) mass is 367 g/mol. The number of hydrogen-bond acceptors (Lipinski definition) is 3. The van der Waals surface area contributed by atoms with Crippen molar-refractivity contribution in [2.75, 3.05) is 0 Å². The van der Waals surface area contributed by atoms with E-state index >= 15 is 0 Å². The van der Waals surface area contributed by atoms with Crippen molar-refractivity contribution in [3.05, 3.63) is 65.2 Å². The number of aliphatic carboxylic acids is 1. The van der Waals surface area contributed by atoms with Gasteiger partial charge in [-0.1, -0.05) is 42.5 Å². The van der Waals surface area contributed by atoms with Crippen molar-refractivity contribution < 1.29 is 19.4 Å². The first-order valence-corrected chi connectivity index (χ1v) is 9.19. The zero-order valence-corrected chi connectivity index (χ0v) is 15.7. The van der Waals surface area contributed by atoms with Gasteiger partial charge in [-0.05, 0) is 49.4 Å². The van der Waals surface area contributed by atoms with Crippen LogP contribution in [0.15, 0.2) is 48.5 Å². The summed E-state index contributed by atoms with van der Waals surface area (Å²) >= 11 is 0. The molecule has 0 saturated heterocycles. The van der Waals surface area contributed by atoms with Gasteiger partial charge in [-0.15, -0.1) is 0 Å². The van der Waals surface area contributed by atoms with Crippen LogP contribution in [0.4, 0.5) is 0 Å². The van der Waals surface area contributed by atoms with E-state index in [1.165, 1.54) is 0 Å². The molecule has 2 N–H and O–H groups in total. The first kappa shape index (κ1) is 19.0. The van der Waals surface area contributed by atoms with Gasteiger partial charge in [0.15, 0.2) is 0 Å². The number of fused-ring (bicyclic) bond motifs is 1. The van der Waals surface area contributed by atoms with Gasteiger partial charge < -0.3 is 15.2 Å². The van der Waals surface area contributed by atoms with E-state index in [0.29, 0.717) is 0 Å². The Labute approximate surface area is 159 Å². The third-order valence-corrected chi connectivity index (χ3v) is 4.79. The molecule has 1 aliphatic heterocycles. The maximum atomic E-state index is 12.4. The highest BCUT2D eigenvalue weighted by molar-refractivity contribution is 5.85. The summed E-state index contributed by atoms with van der Waals surface area (Å²) in [5, 5.41) is 12.1. The van der Waals surface area contributed by atoms with Gasteiger partial charge in [0.1, 0.15) is 17.4 Å². The zero-order chi connectivity index (χ0) is 19.4. The number of benzene rings is 2. The first-order valence-electron chi connectivity index (χ1n) is 9.19. The molecule has 0 aromatic heterocycles. The van der Waals surface area contributed by atoms with Crippen LogP contribution in [0.25, 0.3) is 0 Å². The normalized spacial score (nSPS) is 15.9. The van der Waals surface area contributed by atoms with Crippen LogP contribution in [0.3, 0.4) is 0 Å². The Morgan fingerprint density at radius 2 is 1.89 bits per heavy atom. The van der Waals surface area contributed by atoms with Crippen molar-refractivity contribution in [2.24, 2.45) is 0 Å². The molecule has 0 fully saturated rings. The van der Waals surface area contributed by atoms with Crippen molar-refractivity contribution in [1.29, 1.82) is 0 Å². The molecule has 0 unspecified atom stereocenters. The molecule has 0 aliphatic carbocycles. The molecule has 1 heterocycles. The van der Waals surface area contributed by atoms with Crippen molar-refractivity contribution in [2.45, 2.75) is 51.2 Å². The van der Waals surface area contributed by atoms with Gasteiger partial charge in [-0.3, -0.25) is 4.79 Å². The van der Waals surface area contributed by atoms with Crippen LogP contribution in [-0.2, 0) is 28.9 Å². The Morgan fingerprint density at radius 1 is 1.15 bits per heavy atom. The van der Waals surface area contributed by atoms with Gasteiger partial charge in [0.05, 0.1) is 6.42 Å². The number of hydrogen-bond donors (Lipinski definition) is 2. The van der Waals surface area contributed by atoms with Crippen LogP contribution < -0.4 is 10.1 Å². The SMILES string of the molecule is CC1(C)CCc2cc(CC(=O)N[C@@H](Cc3ccccc3)C(=O)O)ccc2O1.